The lowest BCUT2D eigenvalue weighted by molar-refractivity contribution is 0.855. The van der Waals surface area contributed by atoms with Crippen LogP contribution in [-0.4, -0.2) is 9.55 Å². The zero-order valence-electron chi connectivity index (χ0n) is 31.2. The van der Waals surface area contributed by atoms with Crippen LogP contribution in [0.4, 0.5) is 0 Å². The van der Waals surface area contributed by atoms with E-state index in [0.717, 1.165) is 34.5 Å². The predicted octanol–water partition coefficient (Wildman–Crippen LogP) is 14.2. The van der Waals surface area contributed by atoms with Crippen LogP contribution < -0.4 is 0 Å². The Morgan fingerprint density at radius 2 is 1.25 bits per heavy atom. The van der Waals surface area contributed by atoms with E-state index in [4.69, 9.17) is 11.4 Å². The second-order valence-electron chi connectivity index (χ2n) is 14.6. The molecular weight excluding hydrogens is 677 g/mol. The molecule has 264 valence electrons. The molecule has 2 nitrogen and oxygen atoms in total. The number of hydrogen-bond donors (Lipinski definition) is 0. The molecule has 0 amide bonds. The van der Waals surface area contributed by atoms with Crippen molar-refractivity contribution in [1.82, 2.24) is 9.55 Å². The van der Waals surface area contributed by atoms with E-state index in [9.17, 15) is 0 Å². The van der Waals surface area contributed by atoms with Crippen molar-refractivity contribution in [1.29, 1.82) is 0 Å². The fraction of sp³-hybridized carbons (Fsp3) is 0.0556. The number of rotatable bonds is 6. The SMILES string of the molecule is C#C/C=C\C=C(/C)n1c(C2=CCC(c3ccc4c(-c5cccc6ccccc56)c5ccccc5c(-c5cccc6ccccc56)c4c3)C=C2)nc2ccccc21. The van der Waals surface area contributed by atoms with Crippen LogP contribution in [0, 0.1) is 12.3 Å². The van der Waals surface area contributed by atoms with Crippen LogP contribution in [-0.2, 0) is 0 Å². The number of fused-ring (bicyclic) bond motifs is 5. The van der Waals surface area contributed by atoms with Gasteiger partial charge in [-0.1, -0.05) is 164 Å². The number of allylic oxidation sites excluding steroid dienone is 8. The smallest absolute Gasteiger partial charge is 0.145 e. The summed E-state index contributed by atoms with van der Waals surface area (Å²) in [4.78, 5) is 5.12. The summed E-state index contributed by atoms with van der Waals surface area (Å²) in [5.74, 6) is 3.74. The molecule has 0 N–H and O–H groups in total. The van der Waals surface area contributed by atoms with Crippen molar-refractivity contribution in [3.05, 3.63) is 200 Å². The highest BCUT2D eigenvalue weighted by Crippen LogP contribution is 2.47. The first-order chi connectivity index (χ1) is 27.7. The summed E-state index contributed by atoms with van der Waals surface area (Å²) in [6.07, 6.45) is 19.0. The summed E-state index contributed by atoms with van der Waals surface area (Å²) in [7, 11) is 0. The second kappa shape index (κ2) is 13.9. The summed E-state index contributed by atoms with van der Waals surface area (Å²) >= 11 is 0. The number of benzene rings is 8. The van der Waals surface area contributed by atoms with Gasteiger partial charge in [-0.2, -0.15) is 0 Å². The van der Waals surface area contributed by atoms with Gasteiger partial charge >= 0.3 is 0 Å². The molecule has 1 aliphatic carbocycles. The van der Waals surface area contributed by atoms with Gasteiger partial charge in [-0.05, 0) is 115 Å². The Morgan fingerprint density at radius 3 is 1.91 bits per heavy atom. The average Bonchev–Trinajstić information content (AvgIpc) is 3.65. The van der Waals surface area contributed by atoms with E-state index >= 15 is 0 Å². The summed E-state index contributed by atoms with van der Waals surface area (Å²) in [5.41, 5.74) is 10.6. The van der Waals surface area contributed by atoms with Crippen molar-refractivity contribution in [2.75, 3.05) is 0 Å². The Bertz CT molecular complexity index is 3180. The first kappa shape index (κ1) is 33.4. The Balaban J connectivity index is 1.16. The van der Waals surface area contributed by atoms with Crippen molar-refractivity contribution in [2.24, 2.45) is 0 Å². The van der Waals surface area contributed by atoms with Crippen LogP contribution in [0.5, 0.6) is 0 Å². The zero-order chi connectivity index (χ0) is 37.6. The number of hydrogen-bond acceptors (Lipinski definition) is 1. The zero-order valence-corrected chi connectivity index (χ0v) is 31.2. The summed E-state index contributed by atoms with van der Waals surface area (Å²) in [6.45, 7) is 2.10. The van der Waals surface area contributed by atoms with Gasteiger partial charge in [0.2, 0.25) is 0 Å². The molecule has 1 aliphatic rings. The maximum Gasteiger partial charge on any atom is 0.145 e. The molecule has 0 radical (unpaired) electrons. The Morgan fingerprint density at radius 1 is 0.661 bits per heavy atom. The lowest BCUT2D eigenvalue weighted by Crippen LogP contribution is -2.04. The molecule has 8 aromatic carbocycles. The van der Waals surface area contributed by atoms with Gasteiger partial charge in [-0.15, -0.1) is 6.42 Å². The molecule has 0 spiro atoms. The molecular formula is C54H38N2. The van der Waals surface area contributed by atoms with Crippen molar-refractivity contribution >= 4 is 65.4 Å². The molecule has 0 aliphatic heterocycles. The van der Waals surface area contributed by atoms with E-state index in [1.807, 2.05) is 18.2 Å². The molecule has 0 saturated heterocycles. The Kier molecular flexibility index (Phi) is 8.28. The monoisotopic (exact) mass is 714 g/mol. The molecule has 1 atom stereocenters. The third kappa shape index (κ3) is 5.56. The minimum absolute atomic E-state index is 0.212. The van der Waals surface area contributed by atoms with E-state index < -0.39 is 0 Å². The third-order valence-electron chi connectivity index (χ3n) is 11.4. The van der Waals surface area contributed by atoms with Gasteiger partial charge in [0.15, 0.2) is 0 Å². The lowest BCUT2D eigenvalue weighted by Gasteiger charge is -2.22. The Labute approximate surface area is 327 Å². The Hall–Kier alpha value is -7.21. The highest BCUT2D eigenvalue weighted by atomic mass is 15.1. The van der Waals surface area contributed by atoms with Gasteiger partial charge in [0.1, 0.15) is 5.82 Å². The minimum Gasteiger partial charge on any atom is -0.296 e. The van der Waals surface area contributed by atoms with Crippen LogP contribution in [0.2, 0.25) is 0 Å². The van der Waals surface area contributed by atoms with E-state index in [1.165, 1.54) is 70.9 Å². The summed E-state index contributed by atoms with van der Waals surface area (Å²) < 4.78 is 2.24. The quantitative estimate of drug-likeness (QED) is 0.0952. The van der Waals surface area contributed by atoms with Crippen molar-refractivity contribution in [2.45, 2.75) is 19.3 Å². The first-order valence-electron chi connectivity index (χ1n) is 19.3. The molecule has 56 heavy (non-hydrogen) atoms. The first-order valence-corrected chi connectivity index (χ1v) is 19.3. The molecule has 0 fully saturated rings. The van der Waals surface area contributed by atoms with Gasteiger partial charge in [-0.3, -0.25) is 4.57 Å². The van der Waals surface area contributed by atoms with Gasteiger partial charge in [-0.25, -0.2) is 4.98 Å². The van der Waals surface area contributed by atoms with E-state index in [-0.39, 0.29) is 5.92 Å². The van der Waals surface area contributed by atoms with Crippen LogP contribution in [0.25, 0.3) is 87.6 Å². The predicted molar refractivity (Wildman–Crippen MR) is 239 cm³/mol. The largest absolute Gasteiger partial charge is 0.296 e. The summed E-state index contributed by atoms with van der Waals surface area (Å²) in [6, 6.07) is 55.5. The molecule has 2 heteroatoms. The lowest BCUT2D eigenvalue weighted by atomic mass is 9.81. The molecule has 1 unspecified atom stereocenters. The minimum atomic E-state index is 0.212. The highest BCUT2D eigenvalue weighted by molar-refractivity contribution is 6.25. The van der Waals surface area contributed by atoms with E-state index in [2.05, 4.69) is 181 Å². The maximum atomic E-state index is 5.50. The van der Waals surface area contributed by atoms with Crippen LogP contribution in [0.15, 0.2) is 188 Å². The van der Waals surface area contributed by atoms with E-state index in [1.54, 1.807) is 6.08 Å². The third-order valence-corrected chi connectivity index (χ3v) is 11.4. The molecule has 10 rings (SSSR count). The van der Waals surface area contributed by atoms with E-state index in [0.29, 0.717) is 0 Å². The molecule has 1 aromatic heterocycles. The summed E-state index contributed by atoms with van der Waals surface area (Å²) in [5, 5.41) is 10.1. The number of imidazole rings is 1. The highest BCUT2D eigenvalue weighted by Gasteiger charge is 2.22. The normalized spacial score (nSPS) is 14.7. The topological polar surface area (TPSA) is 17.8 Å². The molecule has 0 saturated carbocycles. The standard InChI is InChI=1S/C54H38N2/c1-3-4-5-16-36(2)56-51-28-13-12-27-50(51)55-54(56)40-31-29-37(30-32-40)41-33-34-48-49(35-41)53(45-26-15-20-39-18-7-9-22-43(39)45)47-24-11-10-23-46(47)52(48)44-25-14-19-38-17-6-8-21-42(38)44/h1,4-29,31-35,37H,30H2,2H3/b5-4-,36-16+. The molecule has 0 bridgehead atoms. The number of para-hydroxylation sites is 2. The van der Waals surface area contributed by atoms with Crippen LogP contribution in [0.1, 0.15) is 30.7 Å². The van der Waals surface area contributed by atoms with Crippen molar-refractivity contribution < 1.29 is 0 Å². The number of aromatic nitrogens is 2. The van der Waals surface area contributed by atoms with Crippen molar-refractivity contribution in [3.63, 3.8) is 0 Å². The fourth-order valence-corrected chi connectivity index (χ4v) is 8.82. The van der Waals surface area contributed by atoms with Crippen LogP contribution >= 0.6 is 0 Å². The van der Waals surface area contributed by atoms with Gasteiger partial charge in [0.05, 0.1) is 11.0 Å². The van der Waals surface area contributed by atoms with Crippen LogP contribution in [0.3, 0.4) is 0 Å². The van der Waals surface area contributed by atoms with Gasteiger partial charge in [0, 0.05) is 17.2 Å². The van der Waals surface area contributed by atoms with Gasteiger partial charge in [0.25, 0.3) is 0 Å². The molecule has 1 heterocycles. The number of nitrogens with zero attached hydrogens (tertiary/aromatic N) is 2. The average molecular weight is 715 g/mol. The number of terminal acetylenes is 1. The second-order valence-corrected chi connectivity index (χ2v) is 14.6. The maximum absolute atomic E-state index is 5.50. The fourth-order valence-electron chi connectivity index (χ4n) is 8.82. The van der Waals surface area contributed by atoms with Crippen molar-refractivity contribution in [3.8, 4) is 34.6 Å². The molecule has 9 aromatic rings. The van der Waals surface area contributed by atoms with Gasteiger partial charge < -0.3 is 0 Å².